The van der Waals surface area contributed by atoms with Gasteiger partial charge in [-0.05, 0) is 24.7 Å². The molecule has 0 saturated carbocycles. The van der Waals surface area contributed by atoms with E-state index in [-0.39, 0.29) is 36.2 Å². The van der Waals surface area contributed by atoms with Crippen molar-refractivity contribution in [3.05, 3.63) is 11.3 Å². The van der Waals surface area contributed by atoms with Gasteiger partial charge < -0.3 is 14.9 Å². The number of aliphatic hydroxyl groups is 2. The van der Waals surface area contributed by atoms with Gasteiger partial charge in [0.15, 0.2) is 5.78 Å². The highest BCUT2D eigenvalue weighted by molar-refractivity contribution is 6.24. The van der Waals surface area contributed by atoms with E-state index in [1.807, 2.05) is 27.7 Å². The number of allylic oxidation sites excluding steroid dienone is 1. The lowest BCUT2D eigenvalue weighted by molar-refractivity contribution is -0.149. The van der Waals surface area contributed by atoms with Crippen LogP contribution in [0.3, 0.4) is 0 Å². The number of methoxy groups -OCH3 is 1. The number of Topliss-reactive ketones (excluding diaryl/α,β-unsaturated/α-hetero) is 1. The highest BCUT2D eigenvalue weighted by Gasteiger charge is 2.47. The zero-order valence-corrected chi connectivity index (χ0v) is 15.3. The van der Waals surface area contributed by atoms with E-state index < -0.39 is 17.3 Å². The molecular weight excluding hydrogens is 310 g/mol. The summed E-state index contributed by atoms with van der Waals surface area (Å²) in [6.07, 6.45) is 1.88. The molecule has 136 valence electrons. The fourth-order valence-corrected chi connectivity index (χ4v) is 3.08. The molecule has 0 aliphatic heterocycles. The average molecular weight is 339 g/mol. The van der Waals surface area contributed by atoms with Crippen LogP contribution in [0, 0.1) is 11.3 Å². The Morgan fingerprint density at radius 1 is 1.38 bits per heavy atom. The smallest absolute Gasteiger partial charge is 0.316 e. The van der Waals surface area contributed by atoms with Crippen molar-refractivity contribution < 1.29 is 24.5 Å². The Bertz CT molecular complexity index is 544. The number of hydrogen-bond acceptors (Lipinski definition) is 6. The highest BCUT2D eigenvalue weighted by Crippen LogP contribution is 2.43. The Morgan fingerprint density at radius 2 is 2.00 bits per heavy atom. The van der Waals surface area contributed by atoms with Crippen molar-refractivity contribution in [3.8, 4) is 0 Å². The van der Waals surface area contributed by atoms with Crippen molar-refractivity contribution in [2.45, 2.75) is 59.4 Å². The Labute approximate surface area is 143 Å². The number of nitrogens with zero attached hydrogens (tertiary/aromatic N) is 1. The molecule has 0 saturated heterocycles. The van der Waals surface area contributed by atoms with E-state index in [1.54, 1.807) is 0 Å². The number of aliphatic hydroxyl groups excluding tert-OH is 2. The van der Waals surface area contributed by atoms with Crippen molar-refractivity contribution >= 4 is 17.5 Å². The minimum Gasteiger partial charge on any atom is -0.511 e. The molecule has 0 radical (unpaired) electrons. The van der Waals surface area contributed by atoms with Crippen LogP contribution in [0.4, 0.5) is 0 Å². The highest BCUT2D eigenvalue weighted by atomic mass is 16.5. The molecule has 1 rings (SSSR count). The molecule has 0 fully saturated rings. The van der Waals surface area contributed by atoms with Gasteiger partial charge in [0.1, 0.15) is 11.7 Å². The lowest BCUT2D eigenvalue weighted by atomic mass is 9.67. The third kappa shape index (κ3) is 4.23. The molecule has 2 N–H and O–H groups in total. The third-order valence-electron chi connectivity index (χ3n) is 4.44. The maximum Gasteiger partial charge on any atom is 0.316 e. The fourth-order valence-electron chi connectivity index (χ4n) is 3.08. The molecule has 0 heterocycles. The van der Waals surface area contributed by atoms with Crippen molar-refractivity contribution in [2.75, 3.05) is 13.7 Å². The maximum absolute atomic E-state index is 12.5. The number of carbonyl (C=O) groups is 2. The molecule has 1 aliphatic carbocycles. The van der Waals surface area contributed by atoms with Gasteiger partial charge in [0.25, 0.3) is 0 Å². The van der Waals surface area contributed by atoms with Crippen LogP contribution in [0.15, 0.2) is 16.3 Å². The van der Waals surface area contributed by atoms with Crippen LogP contribution in [-0.2, 0) is 14.3 Å². The first-order chi connectivity index (χ1) is 11.2. The summed E-state index contributed by atoms with van der Waals surface area (Å²) >= 11 is 0. The van der Waals surface area contributed by atoms with E-state index in [9.17, 15) is 19.8 Å². The molecule has 1 aliphatic rings. The minimum absolute atomic E-state index is 0.124. The summed E-state index contributed by atoms with van der Waals surface area (Å²) in [5.74, 6) is -1.95. The fraction of sp³-hybridized carbons (Fsp3) is 0.722. The first-order valence-corrected chi connectivity index (χ1v) is 8.45. The molecule has 0 aromatic heterocycles. The van der Waals surface area contributed by atoms with E-state index in [4.69, 9.17) is 4.74 Å². The number of esters is 1. The molecule has 6 nitrogen and oxygen atoms in total. The summed E-state index contributed by atoms with van der Waals surface area (Å²) in [6.45, 7) is 7.31. The summed E-state index contributed by atoms with van der Waals surface area (Å²) in [5, 5.41) is 20.1. The van der Waals surface area contributed by atoms with Gasteiger partial charge in [-0.2, -0.15) is 0 Å². The monoisotopic (exact) mass is 339 g/mol. The summed E-state index contributed by atoms with van der Waals surface area (Å²) < 4.78 is 4.82. The van der Waals surface area contributed by atoms with Gasteiger partial charge in [-0.3, -0.25) is 14.6 Å². The average Bonchev–Trinajstić information content (AvgIpc) is 2.51. The second kappa shape index (κ2) is 8.42. The SMILES string of the molecule is CCCC(=O)C1=C(O)C(C(=O)OC)C(C)(C)CC1=NC(CC)CO. The Hall–Kier alpha value is -1.69. The third-order valence-corrected chi connectivity index (χ3v) is 4.44. The van der Waals surface area contributed by atoms with E-state index >= 15 is 0 Å². The molecule has 2 unspecified atom stereocenters. The Balaban J connectivity index is 3.51. The van der Waals surface area contributed by atoms with Gasteiger partial charge in [0.2, 0.25) is 0 Å². The Kier molecular flexibility index (Phi) is 7.14. The number of rotatable bonds is 7. The molecule has 2 atom stereocenters. The summed E-state index contributed by atoms with van der Waals surface area (Å²) in [7, 11) is 1.27. The number of aliphatic imine (C=N–C) groups is 1. The second-order valence-corrected chi connectivity index (χ2v) is 6.88. The maximum atomic E-state index is 12.5. The summed E-state index contributed by atoms with van der Waals surface area (Å²) in [6, 6.07) is -0.331. The van der Waals surface area contributed by atoms with Crippen LogP contribution in [0.25, 0.3) is 0 Å². The standard InChI is InChI=1S/C18H29NO5/c1-6-8-13(21)14-12(19-11(7-2)10-20)9-18(3,4)15(16(14)22)17(23)24-5/h11,15,20,22H,6-10H2,1-5H3. The molecule has 6 heteroatoms. The quantitative estimate of drug-likeness (QED) is 0.695. The first-order valence-electron chi connectivity index (χ1n) is 8.45. The van der Waals surface area contributed by atoms with Crippen LogP contribution in [0.1, 0.15) is 53.4 Å². The van der Waals surface area contributed by atoms with Crippen LogP contribution < -0.4 is 0 Å². The van der Waals surface area contributed by atoms with Crippen molar-refractivity contribution in [3.63, 3.8) is 0 Å². The minimum atomic E-state index is -0.897. The van der Waals surface area contributed by atoms with E-state index in [1.165, 1.54) is 7.11 Å². The first kappa shape index (κ1) is 20.4. The Morgan fingerprint density at radius 3 is 2.46 bits per heavy atom. The molecule has 24 heavy (non-hydrogen) atoms. The normalized spacial score (nSPS) is 23.2. The molecule has 0 aromatic carbocycles. The van der Waals surface area contributed by atoms with Gasteiger partial charge in [0.05, 0.1) is 31.0 Å². The lowest BCUT2D eigenvalue weighted by Crippen LogP contribution is -2.42. The number of ether oxygens (including phenoxy) is 1. The molecular formula is C18H29NO5. The summed E-state index contributed by atoms with van der Waals surface area (Å²) in [5.41, 5.74) is -0.0461. The largest absolute Gasteiger partial charge is 0.511 e. The van der Waals surface area contributed by atoms with Crippen LogP contribution in [-0.4, -0.2) is 47.4 Å². The van der Waals surface area contributed by atoms with Crippen molar-refractivity contribution in [1.29, 1.82) is 0 Å². The number of carbonyl (C=O) groups excluding carboxylic acids is 2. The predicted octanol–water partition coefficient (Wildman–Crippen LogP) is 2.60. The second-order valence-electron chi connectivity index (χ2n) is 6.88. The van der Waals surface area contributed by atoms with E-state index in [0.717, 1.165) is 0 Å². The summed E-state index contributed by atoms with van der Waals surface area (Å²) in [4.78, 5) is 29.2. The van der Waals surface area contributed by atoms with E-state index in [0.29, 0.717) is 25.0 Å². The van der Waals surface area contributed by atoms with Crippen molar-refractivity contribution in [2.24, 2.45) is 16.3 Å². The van der Waals surface area contributed by atoms with Gasteiger partial charge in [-0.1, -0.05) is 27.7 Å². The molecule has 0 aromatic rings. The van der Waals surface area contributed by atoms with Crippen LogP contribution in [0.2, 0.25) is 0 Å². The van der Waals surface area contributed by atoms with Crippen LogP contribution in [0.5, 0.6) is 0 Å². The van der Waals surface area contributed by atoms with Gasteiger partial charge >= 0.3 is 5.97 Å². The number of hydrogen-bond donors (Lipinski definition) is 2. The molecule has 0 spiro atoms. The zero-order chi connectivity index (χ0) is 18.5. The van der Waals surface area contributed by atoms with Gasteiger partial charge in [-0.15, -0.1) is 0 Å². The predicted molar refractivity (Wildman–Crippen MR) is 92.1 cm³/mol. The number of ketones is 1. The van der Waals surface area contributed by atoms with E-state index in [2.05, 4.69) is 4.99 Å². The van der Waals surface area contributed by atoms with Gasteiger partial charge in [0, 0.05) is 6.42 Å². The lowest BCUT2D eigenvalue weighted by Gasteiger charge is -2.38. The zero-order valence-electron chi connectivity index (χ0n) is 15.3. The van der Waals surface area contributed by atoms with Crippen molar-refractivity contribution in [1.82, 2.24) is 0 Å². The molecule has 0 amide bonds. The topological polar surface area (TPSA) is 96.2 Å². The van der Waals surface area contributed by atoms with Crippen LogP contribution >= 0.6 is 0 Å². The molecule has 0 bridgehead atoms. The van der Waals surface area contributed by atoms with Gasteiger partial charge in [-0.25, -0.2) is 0 Å².